The fourth-order valence-corrected chi connectivity index (χ4v) is 2.05. The molecule has 0 amide bonds. The third kappa shape index (κ3) is 1.56. The number of halogens is 2. The van der Waals surface area contributed by atoms with E-state index in [9.17, 15) is 8.78 Å². The molecule has 15 heavy (non-hydrogen) atoms. The van der Waals surface area contributed by atoms with E-state index in [1.54, 1.807) is 0 Å². The second kappa shape index (κ2) is 3.40. The van der Waals surface area contributed by atoms with E-state index in [4.69, 9.17) is 15.8 Å². The van der Waals surface area contributed by atoms with Gasteiger partial charge in [-0.05, 0) is 0 Å². The number of nitrogens with two attached hydrogens (primary N) is 1. The van der Waals surface area contributed by atoms with Gasteiger partial charge in [-0.3, -0.25) is 0 Å². The van der Waals surface area contributed by atoms with Crippen molar-refractivity contribution in [2.75, 3.05) is 5.73 Å². The number of aromatic nitrogens is 1. The van der Waals surface area contributed by atoms with Gasteiger partial charge in [0, 0.05) is 11.5 Å². The molecule has 0 saturated heterocycles. The van der Waals surface area contributed by atoms with Crippen LogP contribution in [0, 0.1) is 11.6 Å². The Morgan fingerprint density at radius 3 is 2.60 bits per heavy atom. The van der Waals surface area contributed by atoms with E-state index in [0.717, 1.165) is 11.3 Å². The van der Waals surface area contributed by atoms with E-state index < -0.39 is 24.2 Å². The fourth-order valence-electron chi connectivity index (χ4n) is 1.29. The van der Waals surface area contributed by atoms with Gasteiger partial charge in [0.05, 0.1) is 10.2 Å². The number of benzene rings is 1. The van der Waals surface area contributed by atoms with Crippen molar-refractivity contribution in [2.24, 2.45) is 0 Å². The lowest BCUT2D eigenvalue weighted by atomic mass is 9.79. The predicted molar refractivity (Wildman–Crippen MR) is 53.8 cm³/mol. The minimum Gasteiger partial charge on any atom is -0.423 e. The summed E-state index contributed by atoms with van der Waals surface area (Å²) < 4.78 is 26.4. The van der Waals surface area contributed by atoms with Gasteiger partial charge in [0.15, 0.2) is 5.13 Å². The zero-order chi connectivity index (χ0) is 11.2. The summed E-state index contributed by atoms with van der Waals surface area (Å²) in [5, 5.41) is 17.9. The van der Waals surface area contributed by atoms with Crippen LogP contribution in [0.15, 0.2) is 6.07 Å². The number of thiazole rings is 1. The molecule has 0 aliphatic carbocycles. The molecule has 8 heteroatoms. The van der Waals surface area contributed by atoms with E-state index in [1.165, 1.54) is 0 Å². The number of hydrogen-bond acceptors (Lipinski definition) is 5. The van der Waals surface area contributed by atoms with Crippen molar-refractivity contribution in [1.82, 2.24) is 4.98 Å². The average Bonchev–Trinajstić information content (AvgIpc) is 2.45. The number of hydrogen-bond donors (Lipinski definition) is 3. The first kappa shape index (κ1) is 10.3. The van der Waals surface area contributed by atoms with Gasteiger partial charge in [0.25, 0.3) is 0 Å². The van der Waals surface area contributed by atoms with Gasteiger partial charge in [-0.2, -0.15) is 0 Å². The second-order valence-electron chi connectivity index (χ2n) is 2.86. The van der Waals surface area contributed by atoms with Crippen LogP contribution in [0.4, 0.5) is 13.9 Å². The second-order valence-corrected chi connectivity index (χ2v) is 3.89. The van der Waals surface area contributed by atoms with Crippen LogP contribution in [0.2, 0.25) is 0 Å². The van der Waals surface area contributed by atoms with E-state index in [-0.39, 0.29) is 15.3 Å². The fraction of sp³-hybridized carbons (Fsp3) is 0. The molecule has 0 radical (unpaired) electrons. The Balaban J connectivity index is 2.89. The number of rotatable bonds is 1. The van der Waals surface area contributed by atoms with Crippen LogP contribution in [0.3, 0.4) is 0 Å². The Kier molecular flexibility index (Phi) is 2.33. The number of nitrogen functional groups attached to an aromatic ring is 1. The van der Waals surface area contributed by atoms with E-state index >= 15 is 0 Å². The summed E-state index contributed by atoms with van der Waals surface area (Å²) >= 11 is 0.822. The van der Waals surface area contributed by atoms with Gasteiger partial charge in [-0.25, -0.2) is 13.8 Å². The smallest absolute Gasteiger partial charge is 0.423 e. The number of anilines is 1. The van der Waals surface area contributed by atoms with Crippen LogP contribution in [0.1, 0.15) is 0 Å². The number of nitrogens with zero attached hydrogens (tertiary/aromatic N) is 1. The standard InChI is InChI=1S/C7H5BF2N2O2S/c9-2-1-3(10)6-5(4(2)8(13)14)12-7(11)15-6/h1,13-14H,(H2,11,12). The summed E-state index contributed by atoms with van der Waals surface area (Å²) in [7, 11) is -2.05. The summed E-state index contributed by atoms with van der Waals surface area (Å²) in [5.74, 6) is -1.87. The van der Waals surface area contributed by atoms with Crippen LogP contribution >= 0.6 is 11.3 Å². The van der Waals surface area contributed by atoms with Gasteiger partial charge in [0.1, 0.15) is 11.6 Å². The molecule has 0 atom stereocenters. The maximum absolute atomic E-state index is 13.2. The molecule has 4 nitrogen and oxygen atoms in total. The van der Waals surface area contributed by atoms with Crippen molar-refractivity contribution < 1.29 is 18.8 Å². The van der Waals surface area contributed by atoms with Gasteiger partial charge in [0.2, 0.25) is 0 Å². The lowest BCUT2D eigenvalue weighted by Crippen LogP contribution is -2.33. The Morgan fingerprint density at radius 2 is 2.00 bits per heavy atom. The molecule has 78 valence electrons. The van der Waals surface area contributed by atoms with Crippen molar-refractivity contribution in [2.45, 2.75) is 0 Å². The minimum absolute atomic E-state index is 0.0111. The van der Waals surface area contributed by atoms with E-state index in [1.807, 2.05) is 0 Å². The monoisotopic (exact) mass is 230 g/mol. The van der Waals surface area contributed by atoms with Gasteiger partial charge in [-0.1, -0.05) is 11.3 Å². The molecule has 0 saturated carbocycles. The summed E-state index contributed by atoms with van der Waals surface area (Å²) in [6.07, 6.45) is 0. The molecule has 0 unspecified atom stereocenters. The van der Waals surface area contributed by atoms with E-state index in [0.29, 0.717) is 6.07 Å². The van der Waals surface area contributed by atoms with Crippen LogP contribution in [0.25, 0.3) is 10.2 Å². The van der Waals surface area contributed by atoms with Crippen molar-refractivity contribution >= 4 is 39.3 Å². The predicted octanol–water partition coefficient (Wildman–Crippen LogP) is -0.163. The molecule has 1 aromatic carbocycles. The molecular weight excluding hydrogens is 225 g/mol. The first-order chi connectivity index (χ1) is 7.00. The topological polar surface area (TPSA) is 79.4 Å². The molecule has 0 fully saturated rings. The first-order valence-electron chi connectivity index (χ1n) is 3.90. The van der Waals surface area contributed by atoms with Gasteiger partial charge in [-0.15, -0.1) is 0 Å². The molecule has 0 spiro atoms. The first-order valence-corrected chi connectivity index (χ1v) is 4.72. The van der Waals surface area contributed by atoms with Crippen molar-refractivity contribution in [1.29, 1.82) is 0 Å². The quantitative estimate of drug-likeness (QED) is 0.594. The SMILES string of the molecule is Nc1nc2c(B(O)O)c(F)cc(F)c2s1. The zero-order valence-corrected chi connectivity index (χ0v) is 8.05. The molecule has 0 aliphatic rings. The van der Waals surface area contributed by atoms with Crippen molar-refractivity contribution in [3.8, 4) is 0 Å². The Bertz CT molecular complexity index is 531. The van der Waals surface area contributed by atoms with Crippen molar-refractivity contribution in [3.05, 3.63) is 17.7 Å². The summed E-state index contributed by atoms with van der Waals surface area (Å²) in [5.41, 5.74) is 4.73. The molecule has 2 rings (SSSR count). The molecule has 4 N–H and O–H groups in total. The van der Waals surface area contributed by atoms with Crippen LogP contribution < -0.4 is 11.2 Å². The molecule has 1 aromatic heterocycles. The minimum atomic E-state index is -2.05. The molecule has 1 heterocycles. The highest BCUT2D eigenvalue weighted by Crippen LogP contribution is 2.26. The third-order valence-corrected chi connectivity index (χ3v) is 2.78. The molecule has 0 aliphatic heterocycles. The van der Waals surface area contributed by atoms with Crippen LogP contribution in [0.5, 0.6) is 0 Å². The zero-order valence-electron chi connectivity index (χ0n) is 7.24. The summed E-state index contributed by atoms with van der Waals surface area (Å²) in [4.78, 5) is 3.65. The Hall–Kier alpha value is -1.25. The van der Waals surface area contributed by atoms with Gasteiger partial charge >= 0.3 is 7.12 Å². The highest BCUT2D eigenvalue weighted by molar-refractivity contribution is 7.22. The summed E-state index contributed by atoms with van der Waals surface area (Å²) in [6.45, 7) is 0. The normalized spacial score (nSPS) is 10.9. The lowest BCUT2D eigenvalue weighted by molar-refractivity contribution is 0.423. The average molecular weight is 230 g/mol. The Labute approximate surface area is 87.1 Å². The molecule has 2 aromatic rings. The highest BCUT2D eigenvalue weighted by atomic mass is 32.1. The molecular formula is C7H5BF2N2O2S. The Morgan fingerprint density at radius 1 is 1.33 bits per heavy atom. The van der Waals surface area contributed by atoms with E-state index in [2.05, 4.69) is 4.98 Å². The third-order valence-electron chi connectivity index (χ3n) is 1.88. The largest absolute Gasteiger partial charge is 0.493 e. The summed E-state index contributed by atoms with van der Waals surface area (Å²) in [6, 6.07) is 0.578. The van der Waals surface area contributed by atoms with Crippen LogP contribution in [-0.2, 0) is 0 Å². The molecule has 0 bridgehead atoms. The maximum Gasteiger partial charge on any atom is 0.493 e. The number of fused-ring (bicyclic) bond motifs is 1. The highest BCUT2D eigenvalue weighted by Gasteiger charge is 2.24. The van der Waals surface area contributed by atoms with Gasteiger partial charge < -0.3 is 15.8 Å². The lowest BCUT2D eigenvalue weighted by Gasteiger charge is -2.02. The maximum atomic E-state index is 13.2. The van der Waals surface area contributed by atoms with Crippen LogP contribution in [-0.4, -0.2) is 22.2 Å². The van der Waals surface area contributed by atoms with Crippen molar-refractivity contribution in [3.63, 3.8) is 0 Å².